The Morgan fingerprint density at radius 2 is 2.42 bits per heavy atom. The van der Waals surface area contributed by atoms with Gasteiger partial charge < -0.3 is 15.3 Å². The van der Waals surface area contributed by atoms with Crippen molar-refractivity contribution in [1.82, 2.24) is 0 Å². The number of furan rings is 1. The van der Waals surface area contributed by atoms with Crippen molar-refractivity contribution in [2.75, 3.05) is 0 Å². The van der Waals surface area contributed by atoms with Crippen molar-refractivity contribution < 1.29 is 9.52 Å². The lowest BCUT2D eigenvalue weighted by molar-refractivity contribution is 0.241. The molecule has 0 aromatic carbocycles. The second-order valence-corrected chi connectivity index (χ2v) is 2.59. The second kappa shape index (κ2) is 4.09. The Labute approximate surface area is 71.5 Å². The van der Waals surface area contributed by atoms with E-state index in [1.54, 1.807) is 18.2 Å². The van der Waals surface area contributed by atoms with E-state index in [-0.39, 0.29) is 12.6 Å². The first-order chi connectivity index (χ1) is 5.77. The van der Waals surface area contributed by atoms with Crippen LogP contribution in [0.25, 0.3) is 0 Å². The van der Waals surface area contributed by atoms with Gasteiger partial charge >= 0.3 is 0 Å². The van der Waals surface area contributed by atoms with E-state index in [1.165, 1.54) is 0 Å². The number of rotatable bonds is 4. The minimum absolute atomic E-state index is 0.0825. The molecule has 3 nitrogen and oxygen atoms in total. The maximum atomic E-state index is 8.71. The fraction of sp³-hybridized carbons (Fsp3) is 0.333. The van der Waals surface area contributed by atoms with Crippen molar-refractivity contribution in [3.05, 3.63) is 36.3 Å². The highest BCUT2D eigenvalue weighted by Gasteiger charge is 2.08. The third-order valence-electron chi connectivity index (χ3n) is 1.62. The Kier molecular flexibility index (Phi) is 3.08. The molecule has 1 aromatic rings. The van der Waals surface area contributed by atoms with E-state index in [0.717, 1.165) is 0 Å². The Bertz CT molecular complexity index is 255. The van der Waals surface area contributed by atoms with E-state index in [1.807, 2.05) is 0 Å². The van der Waals surface area contributed by atoms with Crippen LogP contribution in [0.5, 0.6) is 0 Å². The fourth-order valence-electron chi connectivity index (χ4n) is 0.974. The predicted molar refractivity (Wildman–Crippen MR) is 46.4 cm³/mol. The van der Waals surface area contributed by atoms with Crippen molar-refractivity contribution in [3.8, 4) is 0 Å². The molecule has 0 saturated heterocycles. The number of hydrogen-bond donors (Lipinski definition) is 2. The van der Waals surface area contributed by atoms with Crippen molar-refractivity contribution in [2.45, 2.75) is 19.1 Å². The predicted octanol–water partition coefficient (Wildman–Crippen LogP) is 1.35. The summed E-state index contributed by atoms with van der Waals surface area (Å²) in [5.74, 6) is 1.24. The number of aliphatic hydroxyl groups is 1. The molecule has 0 aliphatic rings. The van der Waals surface area contributed by atoms with E-state index >= 15 is 0 Å². The number of aliphatic hydroxyl groups excluding tert-OH is 1. The maximum Gasteiger partial charge on any atom is 0.129 e. The van der Waals surface area contributed by atoms with E-state index in [9.17, 15) is 0 Å². The highest BCUT2D eigenvalue weighted by Crippen LogP contribution is 2.17. The summed E-state index contributed by atoms with van der Waals surface area (Å²) in [5.41, 5.74) is 5.73. The topological polar surface area (TPSA) is 59.4 Å². The lowest BCUT2D eigenvalue weighted by Gasteiger charge is -2.03. The summed E-state index contributed by atoms with van der Waals surface area (Å²) in [7, 11) is 0. The summed E-state index contributed by atoms with van der Waals surface area (Å²) in [5, 5.41) is 8.71. The summed E-state index contributed by atoms with van der Waals surface area (Å²) in [6, 6.07) is 3.35. The van der Waals surface area contributed by atoms with Gasteiger partial charge in [-0.05, 0) is 18.6 Å². The summed E-state index contributed by atoms with van der Waals surface area (Å²) in [4.78, 5) is 0. The number of hydrogen-bond acceptors (Lipinski definition) is 3. The van der Waals surface area contributed by atoms with E-state index in [2.05, 4.69) is 6.58 Å². The van der Waals surface area contributed by atoms with Gasteiger partial charge in [0.25, 0.3) is 0 Å². The van der Waals surface area contributed by atoms with Crippen molar-refractivity contribution in [1.29, 1.82) is 0 Å². The minimum Gasteiger partial charge on any atom is -0.462 e. The molecule has 12 heavy (non-hydrogen) atoms. The molecule has 1 unspecified atom stereocenters. The normalized spacial score (nSPS) is 12.8. The van der Waals surface area contributed by atoms with Crippen LogP contribution in [-0.2, 0) is 6.61 Å². The summed E-state index contributed by atoms with van der Waals surface area (Å²) >= 11 is 0. The van der Waals surface area contributed by atoms with Crippen LogP contribution in [0.3, 0.4) is 0 Å². The van der Waals surface area contributed by atoms with Crippen LogP contribution < -0.4 is 5.73 Å². The molecule has 0 amide bonds. The van der Waals surface area contributed by atoms with Gasteiger partial charge in [0.1, 0.15) is 18.1 Å². The van der Waals surface area contributed by atoms with Gasteiger partial charge in [-0.15, -0.1) is 6.58 Å². The zero-order valence-corrected chi connectivity index (χ0v) is 6.86. The molecule has 0 aliphatic carbocycles. The zero-order valence-electron chi connectivity index (χ0n) is 6.86. The largest absolute Gasteiger partial charge is 0.462 e. The molecule has 3 N–H and O–H groups in total. The van der Waals surface area contributed by atoms with E-state index in [0.29, 0.717) is 17.9 Å². The summed E-state index contributed by atoms with van der Waals surface area (Å²) < 4.78 is 5.22. The number of nitrogens with two attached hydrogens (primary N) is 1. The van der Waals surface area contributed by atoms with Gasteiger partial charge in [-0.3, -0.25) is 0 Å². The van der Waals surface area contributed by atoms with Gasteiger partial charge in [0, 0.05) is 0 Å². The first-order valence-corrected chi connectivity index (χ1v) is 3.84. The molecule has 0 spiro atoms. The Morgan fingerprint density at radius 1 is 1.67 bits per heavy atom. The summed E-state index contributed by atoms with van der Waals surface area (Å²) in [6.07, 6.45) is 2.42. The SMILES string of the molecule is C=CCC(N)c1ccc(CO)o1. The molecule has 1 aromatic heterocycles. The van der Waals surface area contributed by atoms with E-state index in [4.69, 9.17) is 15.3 Å². The lowest BCUT2D eigenvalue weighted by Crippen LogP contribution is -2.07. The fourth-order valence-corrected chi connectivity index (χ4v) is 0.974. The van der Waals surface area contributed by atoms with Crippen molar-refractivity contribution >= 4 is 0 Å². The minimum atomic E-state index is -0.150. The van der Waals surface area contributed by atoms with Crippen LogP contribution in [0.1, 0.15) is 24.0 Å². The Morgan fingerprint density at radius 3 is 2.92 bits per heavy atom. The summed E-state index contributed by atoms with van der Waals surface area (Å²) in [6.45, 7) is 3.50. The third kappa shape index (κ3) is 1.96. The average Bonchev–Trinajstić information content (AvgIpc) is 2.52. The van der Waals surface area contributed by atoms with Crippen molar-refractivity contribution in [2.24, 2.45) is 5.73 Å². The van der Waals surface area contributed by atoms with Gasteiger partial charge in [0.2, 0.25) is 0 Å². The van der Waals surface area contributed by atoms with E-state index < -0.39 is 0 Å². The standard InChI is InChI=1S/C9H13NO2/c1-2-3-8(10)9-5-4-7(6-11)12-9/h2,4-5,8,11H,1,3,6,10H2. The van der Waals surface area contributed by atoms with Crippen LogP contribution in [0.15, 0.2) is 29.2 Å². The Hall–Kier alpha value is -1.06. The highest BCUT2D eigenvalue weighted by atomic mass is 16.4. The molecule has 0 radical (unpaired) electrons. The molecule has 0 fully saturated rings. The highest BCUT2D eigenvalue weighted by molar-refractivity contribution is 5.10. The van der Waals surface area contributed by atoms with Crippen LogP contribution >= 0.6 is 0 Å². The molecular weight excluding hydrogens is 154 g/mol. The molecule has 0 aliphatic heterocycles. The second-order valence-electron chi connectivity index (χ2n) is 2.59. The monoisotopic (exact) mass is 167 g/mol. The molecule has 1 rings (SSSR count). The van der Waals surface area contributed by atoms with Crippen LogP contribution in [0.4, 0.5) is 0 Å². The van der Waals surface area contributed by atoms with Crippen molar-refractivity contribution in [3.63, 3.8) is 0 Å². The van der Waals surface area contributed by atoms with Crippen LogP contribution in [-0.4, -0.2) is 5.11 Å². The maximum absolute atomic E-state index is 8.71. The average molecular weight is 167 g/mol. The zero-order chi connectivity index (χ0) is 8.97. The van der Waals surface area contributed by atoms with Gasteiger partial charge in [0.05, 0.1) is 6.04 Å². The molecular formula is C9H13NO2. The molecule has 0 bridgehead atoms. The quantitative estimate of drug-likeness (QED) is 0.665. The first-order valence-electron chi connectivity index (χ1n) is 3.84. The van der Waals surface area contributed by atoms with Gasteiger partial charge in [-0.1, -0.05) is 6.08 Å². The molecule has 66 valence electrons. The molecule has 1 heterocycles. The molecule has 3 heteroatoms. The lowest BCUT2D eigenvalue weighted by atomic mass is 10.2. The van der Waals surface area contributed by atoms with Crippen LogP contribution in [0.2, 0.25) is 0 Å². The Balaban J connectivity index is 2.67. The van der Waals surface area contributed by atoms with Crippen LogP contribution in [0, 0.1) is 0 Å². The van der Waals surface area contributed by atoms with Gasteiger partial charge in [-0.25, -0.2) is 0 Å². The smallest absolute Gasteiger partial charge is 0.129 e. The molecule has 0 saturated carbocycles. The van der Waals surface area contributed by atoms with Gasteiger partial charge in [-0.2, -0.15) is 0 Å². The first kappa shape index (κ1) is 9.03. The van der Waals surface area contributed by atoms with Gasteiger partial charge in [0.15, 0.2) is 0 Å². The third-order valence-corrected chi connectivity index (χ3v) is 1.62. The molecule has 1 atom stereocenters.